The van der Waals surface area contributed by atoms with Gasteiger partial charge in [-0.3, -0.25) is 9.59 Å². The Kier molecular flexibility index (Phi) is 7.68. The van der Waals surface area contributed by atoms with Crippen molar-refractivity contribution in [3.8, 4) is 11.5 Å². The zero-order chi connectivity index (χ0) is 22.3. The summed E-state index contributed by atoms with van der Waals surface area (Å²) in [5.74, 6) is -0.0516. The molecule has 0 bridgehead atoms. The third kappa shape index (κ3) is 5.88. The van der Waals surface area contributed by atoms with Gasteiger partial charge in [0.05, 0.1) is 38.4 Å². The van der Waals surface area contributed by atoms with Crippen LogP contribution in [0, 0.1) is 0 Å². The Morgan fingerprint density at radius 2 is 1.77 bits per heavy atom. The Bertz CT molecular complexity index is 900. The van der Waals surface area contributed by atoms with Crippen LogP contribution in [0.2, 0.25) is 0 Å². The first-order chi connectivity index (χ1) is 14.2. The van der Waals surface area contributed by atoms with Gasteiger partial charge >= 0.3 is 6.18 Å². The largest absolute Gasteiger partial charge is 0.497 e. The van der Waals surface area contributed by atoms with Gasteiger partial charge in [0.15, 0.2) is 0 Å². The maximum absolute atomic E-state index is 13.1. The number of carbonyl (C=O) groups is 2. The molecule has 2 aromatic rings. The summed E-state index contributed by atoms with van der Waals surface area (Å²) in [6, 6.07) is 9.69. The highest BCUT2D eigenvalue weighted by molar-refractivity contribution is 5.95. The first-order valence-electron chi connectivity index (χ1n) is 9.14. The van der Waals surface area contributed by atoms with Gasteiger partial charge in [-0.1, -0.05) is 18.2 Å². The number of halogens is 3. The topological polar surface area (TPSA) is 67.9 Å². The molecule has 9 heteroatoms. The van der Waals surface area contributed by atoms with E-state index in [2.05, 4.69) is 5.32 Å². The van der Waals surface area contributed by atoms with Crippen molar-refractivity contribution in [2.45, 2.75) is 19.5 Å². The number of ether oxygens (including phenoxy) is 2. The molecule has 0 fully saturated rings. The molecule has 0 saturated heterocycles. The lowest BCUT2D eigenvalue weighted by Crippen LogP contribution is -2.39. The van der Waals surface area contributed by atoms with Gasteiger partial charge in [0.25, 0.3) is 0 Å². The van der Waals surface area contributed by atoms with Gasteiger partial charge in [-0.05, 0) is 25.1 Å². The Labute approximate surface area is 172 Å². The van der Waals surface area contributed by atoms with Crippen LogP contribution < -0.4 is 14.8 Å². The average molecular weight is 424 g/mol. The number of likely N-dealkylation sites (N-methyl/N-ethyl adjacent to an activating group) is 1. The van der Waals surface area contributed by atoms with Crippen LogP contribution >= 0.6 is 0 Å². The molecule has 0 aliphatic carbocycles. The number of carbonyl (C=O) groups excluding carboxylic acids is 2. The number of nitrogens with zero attached hydrogens (tertiary/aromatic N) is 1. The molecule has 0 unspecified atom stereocenters. The zero-order valence-electron chi connectivity index (χ0n) is 16.9. The molecule has 6 nitrogen and oxygen atoms in total. The minimum atomic E-state index is -4.60. The first-order valence-corrected chi connectivity index (χ1v) is 9.14. The Balaban J connectivity index is 2.09. The van der Waals surface area contributed by atoms with E-state index in [-0.39, 0.29) is 31.1 Å². The zero-order valence-corrected chi connectivity index (χ0v) is 16.9. The van der Waals surface area contributed by atoms with Crippen molar-refractivity contribution in [1.29, 1.82) is 0 Å². The molecule has 0 atom stereocenters. The lowest BCUT2D eigenvalue weighted by atomic mass is 10.1. The molecule has 1 N–H and O–H groups in total. The molecule has 0 aromatic heterocycles. The average Bonchev–Trinajstić information content (AvgIpc) is 2.71. The van der Waals surface area contributed by atoms with E-state index in [0.29, 0.717) is 17.1 Å². The van der Waals surface area contributed by atoms with E-state index in [0.717, 1.165) is 6.07 Å². The quantitative estimate of drug-likeness (QED) is 0.701. The summed E-state index contributed by atoms with van der Waals surface area (Å²) in [5.41, 5.74) is -0.699. The Morgan fingerprint density at radius 3 is 2.37 bits per heavy atom. The van der Waals surface area contributed by atoms with E-state index >= 15 is 0 Å². The van der Waals surface area contributed by atoms with Gasteiger partial charge in [-0.15, -0.1) is 0 Å². The van der Waals surface area contributed by atoms with Gasteiger partial charge in [-0.25, -0.2) is 0 Å². The highest BCUT2D eigenvalue weighted by Gasteiger charge is 2.33. The molecular weight excluding hydrogens is 401 g/mol. The van der Waals surface area contributed by atoms with Crippen LogP contribution in [0.25, 0.3) is 0 Å². The van der Waals surface area contributed by atoms with Crippen LogP contribution in [0.5, 0.6) is 11.5 Å². The maximum atomic E-state index is 13.1. The minimum Gasteiger partial charge on any atom is -0.497 e. The number of para-hydroxylation sites is 1. The lowest BCUT2D eigenvalue weighted by molar-refractivity contribution is -0.137. The van der Waals surface area contributed by atoms with E-state index in [1.807, 2.05) is 0 Å². The molecule has 2 aromatic carbocycles. The van der Waals surface area contributed by atoms with E-state index in [1.54, 1.807) is 25.1 Å². The van der Waals surface area contributed by atoms with Crippen LogP contribution in [0.1, 0.15) is 18.1 Å². The van der Waals surface area contributed by atoms with Crippen LogP contribution in [0.15, 0.2) is 42.5 Å². The normalized spacial score (nSPS) is 11.0. The standard InChI is InChI=1S/C21H23F3N2O4/c1-4-26(20(28)11-14-9-10-15(29-2)12-18(14)30-3)13-19(27)25-17-8-6-5-7-16(17)21(22,23)24/h5-10,12H,4,11,13H2,1-3H3,(H,25,27). The second-order valence-electron chi connectivity index (χ2n) is 6.35. The van der Waals surface area contributed by atoms with E-state index in [4.69, 9.17) is 9.47 Å². The second kappa shape index (κ2) is 10.00. The molecule has 0 heterocycles. The van der Waals surface area contributed by atoms with E-state index in [9.17, 15) is 22.8 Å². The predicted molar refractivity (Wildman–Crippen MR) is 106 cm³/mol. The Hall–Kier alpha value is -3.23. The number of nitrogens with one attached hydrogen (secondary N) is 1. The number of hydrogen-bond donors (Lipinski definition) is 1. The van der Waals surface area contributed by atoms with E-state index in [1.165, 1.54) is 37.3 Å². The van der Waals surface area contributed by atoms with Crippen molar-refractivity contribution >= 4 is 17.5 Å². The van der Waals surface area contributed by atoms with Crippen molar-refractivity contribution in [2.24, 2.45) is 0 Å². The fourth-order valence-corrected chi connectivity index (χ4v) is 2.85. The summed E-state index contributed by atoms with van der Waals surface area (Å²) in [6.45, 7) is 1.52. The molecule has 162 valence electrons. The number of benzene rings is 2. The second-order valence-corrected chi connectivity index (χ2v) is 6.35. The molecule has 0 spiro atoms. The summed E-state index contributed by atoms with van der Waals surface area (Å²) in [6.07, 6.45) is -4.64. The van der Waals surface area contributed by atoms with Crippen molar-refractivity contribution in [2.75, 3.05) is 32.6 Å². The molecule has 30 heavy (non-hydrogen) atoms. The van der Waals surface area contributed by atoms with Gasteiger partial charge in [-0.2, -0.15) is 13.2 Å². The monoisotopic (exact) mass is 424 g/mol. The molecule has 0 radical (unpaired) electrons. The van der Waals surface area contributed by atoms with Gasteiger partial charge in [0.1, 0.15) is 11.5 Å². The summed E-state index contributed by atoms with van der Waals surface area (Å²) in [5, 5.41) is 2.24. The number of rotatable bonds is 8. The van der Waals surface area contributed by atoms with Crippen molar-refractivity contribution in [3.63, 3.8) is 0 Å². The van der Waals surface area contributed by atoms with Crippen molar-refractivity contribution in [3.05, 3.63) is 53.6 Å². The lowest BCUT2D eigenvalue weighted by Gasteiger charge is -2.22. The third-order valence-electron chi connectivity index (χ3n) is 4.41. The summed E-state index contributed by atoms with van der Waals surface area (Å²) in [4.78, 5) is 26.2. The van der Waals surface area contributed by atoms with Crippen molar-refractivity contribution in [1.82, 2.24) is 4.90 Å². The van der Waals surface area contributed by atoms with Crippen molar-refractivity contribution < 1.29 is 32.2 Å². The van der Waals surface area contributed by atoms with Gasteiger partial charge in [0, 0.05) is 18.2 Å². The van der Waals surface area contributed by atoms with Crippen LogP contribution in [-0.4, -0.2) is 44.0 Å². The van der Waals surface area contributed by atoms with Crippen LogP contribution in [0.3, 0.4) is 0 Å². The highest BCUT2D eigenvalue weighted by atomic mass is 19.4. The fraction of sp³-hybridized carbons (Fsp3) is 0.333. The molecular formula is C21H23F3N2O4. The smallest absolute Gasteiger partial charge is 0.418 e. The highest BCUT2D eigenvalue weighted by Crippen LogP contribution is 2.34. The fourth-order valence-electron chi connectivity index (χ4n) is 2.85. The molecule has 2 rings (SSSR count). The summed E-state index contributed by atoms with van der Waals surface area (Å²) < 4.78 is 49.7. The maximum Gasteiger partial charge on any atom is 0.418 e. The number of amides is 2. The number of anilines is 1. The van der Waals surface area contributed by atoms with E-state index < -0.39 is 17.6 Å². The summed E-state index contributed by atoms with van der Waals surface area (Å²) in [7, 11) is 2.97. The van der Waals surface area contributed by atoms with Gasteiger partial charge in [0.2, 0.25) is 11.8 Å². The third-order valence-corrected chi connectivity index (χ3v) is 4.41. The molecule has 0 aliphatic rings. The van der Waals surface area contributed by atoms with Gasteiger partial charge < -0.3 is 19.7 Å². The predicted octanol–water partition coefficient (Wildman–Crippen LogP) is 3.75. The summed E-state index contributed by atoms with van der Waals surface area (Å²) >= 11 is 0. The molecule has 0 aliphatic heterocycles. The SMILES string of the molecule is CCN(CC(=O)Nc1ccccc1C(F)(F)F)C(=O)Cc1ccc(OC)cc1OC. The van der Waals surface area contributed by atoms with Crippen LogP contribution in [0.4, 0.5) is 18.9 Å². The van der Waals surface area contributed by atoms with Crippen LogP contribution in [-0.2, 0) is 22.2 Å². The first kappa shape index (κ1) is 23.1. The molecule has 2 amide bonds. The minimum absolute atomic E-state index is 0.0343. The molecule has 0 saturated carbocycles. The Morgan fingerprint density at radius 1 is 1.07 bits per heavy atom. The number of hydrogen-bond acceptors (Lipinski definition) is 4. The number of alkyl halides is 3. The number of methoxy groups -OCH3 is 2.